The van der Waals surface area contributed by atoms with Gasteiger partial charge in [-0.2, -0.15) is 0 Å². The van der Waals surface area contributed by atoms with E-state index in [1.54, 1.807) is 19.5 Å². The number of methoxy groups -OCH3 is 1. The zero-order valence-electron chi connectivity index (χ0n) is 16.0. The van der Waals surface area contributed by atoms with Gasteiger partial charge >= 0.3 is 0 Å². The summed E-state index contributed by atoms with van der Waals surface area (Å²) in [7, 11) is 1.63. The van der Waals surface area contributed by atoms with Crippen LogP contribution in [0.3, 0.4) is 0 Å². The van der Waals surface area contributed by atoms with Gasteiger partial charge in [0, 0.05) is 17.4 Å². The summed E-state index contributed by atoms with van der Waals surface area (Å²) in [4.78, 5) is 17.3. The molecule has 1 aromatic heterocycles. The van der Waals surface area contributed by atoms with Crippen molar-refractivity contribution in [2.45, 2.75) is 12.5 Å². The van der Waals surface area contributed by atoms with Gasteiger partial charge in [-0.1, -0.05) is 29.8 Å². The maximum atomic E-state index is 13.1. The van der Waals surface area contributed by atoms with Gasteiger partial charge in [-0.25, -0.2) is 0 Å². The van der Waals surface area contributed by atoms with Crippen molar-refractivity contribution >= 4 is 17.5 Å². The Morgan fingerprint density at radius 2 is 2.03 bits per heavy atom. The Balaban J connectivity index is 1.56. The average molecular weight is 409 g/mol. The van der Waals surface area contributed by atoms with Gasteiger partial charge in [0.05, 0.1) is 19.1 Å². The minimum Gasteiger partial charge on any atom is -0.497 e. The second kappa shape index (κ2) is 8.53. The summed E-state index contributed by atoms with van der Waals surface area (Å²) in [5, 5.41) is 3.81. The van der Waals surface area contributed by atoms with E-state index in [1.807, 2.05) is 54.6 Å². The highest BCUT2D eigenvalue weighted by atomic mass is 35.5. The number of halogens is 1. The van der Waals surface area contributed by atoms with Crippen LogP contribution in [0.15, 0.2) is 67.0 Å². The molecule has 0 saturated heterocycles. The van der Waals surface area contributed by atoms with Crippen molar-refractivity contribution in [1.29, 1.82) is 0 Å². The van der Waals surface area contributed by atoms with E-state index in [1.165, 1.54) is 0 Å². The Kier molecular flexibility index (Phi) is 5.67. The van der Waals surface area contributed by atoms with E-state index >= 15 is 0 Å². The predicted molar refractivity (Wildman–Crippen MR) is 111 cm³/mol. The van der Waals surface area contributed by atoms with E-state index in [0.717, 1.165) is 28.2 Å². The molecule has 0 fully saturated rings. The molecule has 1 aliphatic heterocycles. The van der Waals surface area contributed by atoms with Crippen LogP contribution < -0.4 is 14.8 Å². The largest absolute Gasteiger partial charge is 0.497 e. The highest BCUT2D eigenvalue weighted by molar-refractivity contribution is 6.30. The molecule has 5 nitrogen and oxygen atoms in total. The Hall–Kier alpha value is -3.05. The molecule has 2 unspecified atom stereocenters. The van der Waals surface area contributed by atoms with Crippen molar-refractivity contribution in [3.63, 3.8) is 0 Å². The maximum Gasteiger partial charge on any atom is 0.227 e. The minimum atomic E-state index is -0.319. The van der Waals surface area contributed by atoms with Crippen LogP contribution in [-0.2, 0) is 11.2 Å². The summed E-state index contributed by atoms with van der Waals surface area (Å²) in [5.41, 5.74) is 2.82. The van der Waals surface area contributed by atoms with Crippen LogP contribution in [-0.4, -0.2) is 24.6 Å². The number of ether oxygens (including phenoxy) is 2. The molecular weight excluding hydrogens is 388 g/mol. The number of amides is 1. The van der Waals surface area contributed by atoms with Gasteiger partial charge in [-0.3, -0.25) is 9.78 Å². The first-order valence-corrected chi connectivity index (χ1v) is 9.77. The number of carbonyl (C=O) groups excluding carboxylic acids is 1. The van der Waals surface area contributed by atoms with Crippen LogP contribution in [0.2, 0.25) is 5.02 Å². The van der Waals surface area contributed by atoms with Gasteiger partial charge in [0.15, 0.2) is 0 Å². The molecule has 6 heteroatoms. The summed E-state index contributed by atoms with van der Waals surface area (Å²) in [5.74, 6) is 1.20. The van der Waals surface area contributed by atoms with E-state index < -0.39 is 0 Å². The first-order valence-electron chi connectivity index (χ1n) is 9.39. The number of nitrogens with zero attached hydrogens (tertiary/aromatic N) is 1. The van der Waals surface area contributed by atoms with Crippen LogP contribution in [0.25, 0.3) is 0 Å². The number of rotatable bonds is 5. The number of fused-ring (bicyclic) bond motifs is 1. The van der Waals surface area contributed by atoms with Crippen molar-refractivity contribution in [3.05, 3.63) is 88.7 Å². The molecule has 1 aliphatic rings. The number of carbonyl (C=O) groups is 1. The first kappa shape index (κ1) is 19.3. The number of aromatic nitrogens is 1. The normalized spacial score (nSPS) is 16.3. The Morgan fingerprint density at radius 3 is 2.76 bits per heavy atom. The molecule has 0 bridgehead atoms. The molecule has 0 aliphatic carbocycles. The fourth-order valence-corrected chi connectivity index (χ4v) is 3.61. The van der Waals surface area contributed by atoms with Crippen LogP contribution in [0.1, 0.15) is 22.7 Å². The lowest BCUT2D eigenvalue weighted by atomic mass is 9.94. The van der Waals surface area contributed by atoms with E-state index in [4.69, 9.17) is 21.1 Å². The van der Waals surface area contributed by atoms with Crippen molar-refractivity contribution < 1.29 is 14.3 Å². The Labute approximate surface area is 174 Å². The van der Waals surface area contributed by atoms with Crippen LogP contribution in [0, 0.1) is 5.92 Å². The second-order valence-corrected chi connectivity index (χ2v) is 7.40. The Bertz CT molecular complexity index is 993. The third-order valence-corrected chi connectivity index (χ3v) is 5.30. The molecule has 4 rings (SSSR count). The monoisotopic (exact) mass is 408 g/mol. The highest BCUT2D eigenvalue weighted by Gasteiger charge is 2.28. The van der Waals surface area contributed by atoms with Gasteiger partial charge in [0.25, 0.3) is 0 Å². The van der Waals surface area contributed by atoms with Gasteiger partial charge in [0.1, 0.15) is 18.1 Å². The predicted octanol–water partition coefficient (Wildman–Crippen LogP) is 4.20. The fourth-order valence-electron chi connectivity index (χ4n) is 3.49. The Morgan fingerprint density at radius 1 is 1.21 bits per heavy atom. The maximum absolute atomic E-state index is 13.1. The number of nitrogens with one attached hydrogen (secondary N) is 1. The molecule has 0 saturated carbocycles. The number of hydrogen-bond donors (Lipinski definition) is 1. The van der Waals surface area contributed by atoms with Crippen LogP contribution in [0.4, 0.5) is 0 Å². The lowest BCUT2D eigenvalue weighted by Gasteiger charge is -2.27. The summed E-state index contributed by atoms with van der Waals surface area (Å²) in [6, 6.07) is 16.6. The zero-order valence-corrected chi connectivity index (χ0v) is 16.7. The zero-order chi connectivity index (χ0) is 20.2. The number of pyridine rings is 1. The molecule has 0 spiro atoms. The van der Waals surface area contributed by atoms with Crippen molar-refractivity contribution in [2.24, 2.45) is 5.92 Å². The molecule has 2 aromatic carbocycles. The summed E-state index contributed by atoms with van der Waals surface area (Å²) < 4.78 is 11.1. The number of hydrogen-bond acceptors (Lipinski definition) is 4. The van der Waals surface area contributed by atoms with Gasteiger partial charge < -0.3 is 14.8 Å². The third-order valence-electron chi connectivity index (χ3n) is 5.05. The summed E-state index contributed by atoms with van der Waals surface area (Å²) in [6.45, 7) is 0.339. The highest BCUT2D eigenvalue weighted by Crippen LogP contribution is 2.31. The van der Waals surface area contributed by atoms with E-state index in [2.05, 4.69) is 10.3 Å². The lowest BCUT2D eigenvalue weighted by Crippen LogP contribution is -2.39. The summed E-state index contributed by atoms with van der Waals surface area (Å²) in [6.07, 6.45) is 4.07. The van der Waals surface area contributed by atoms with Gasteiger partial charge in [-0.15, -0.1) is 0 Å². The molecular formula is C23H21ClN2O3. The van der Waals surface area contributed by atoms with Crippen molar-refractivity contribution in [2.75, 3.05) is 13.7 Å². The first-order chi connectivity index (χ1) is 14.1. The molecule has 2 heterocycles. The quantitative estimate of drug-likeness (QED) is 0.687. The molecule has 1 N–H and O–H groups in total. The van der Waals surface area contributed by atoms with Crippen LogP contribution in [0.5, 0.6) is 11.5 Å². The fraction of sp³-hybridized carbons (Fsp3) is 0.217. The van der Waals surface area contributed by atoms with Gasteiger partial charge in [0.2, 0.25) is 5.91 Å². The van der Waals surface area contributed by atoms with Crippen molar-refractivity contribution in [3.8, 4) is 11.5 Å². The second-order valence-electron chi connectivity index (χ2n) is 6.97. The van der Waals surface area contributed by atoms with E-state index in [-0.39, 0.29) is 17.9 Å². The molecule has 3 aromatic rings. The average Bonchev–Trinajstić information content (AvgIpc) is 2.77. The SMILES string of the molecule is COc1ccc2c(c1)CC(C(=O)NC(c1ccc(Cl)cc1)c1cccnc1)CO2. The number of benzene rings is 2. The summed E-state index contributed by atoms with van der Waals surface area (Å²) >= 11 is 6.04. The van der Waals surface area contributed by atoms with Crippen LogP contribution >= 0.6 is 11.6 Å². The minimum absolute atomic E-state index is 0.0673. The molecule has 2 atom stereocenters. The molecule has 148 valence electrons. The third kappa shape index (κ3) is 4.35. The molecule has 29 heavy (non-hydrogen) atoms. The lowest BCUT2D eigenvalue weighted by molar-refractivity contribution is -0.126. The van der Waals surface area contributed by atoms with E-state index in [0.29, 0.717) is 18.1 Å². The van der Waals surface area contributed by atoms with E-state index in [9.17, 15) is 4.79 Å². The molecule has 1 amide bonds. The molecule has 0 radical (unpaired) electrons. The van der Waals surface area contributed by atoms with Crippen molar-refractivity contribution in [1.82, 2.24) is 10.3 Å². The smallest absolute Gasteiger partial charge is 0.227 e. The standard InChI is InChI=1S/C23H21ClN2O3/c1-28-20-8-9-21-17(12-20)11-18(14-29-21)23(27)26-22(16-3-2-10-25-13-16)15-4-6-19(24)7-5-15/h2-10,12-13,18,22H,11,14H2,1H3,(H,26,27). The van der Waals surface area contributed by atoms with Gasteiger partial charge in [-0.05, 0) is 59.5 Å². The topological polar surface area (TPSA) is 60.5 Å².